The normalized spacial score (nSPS) is 15.2. The first-order chi connectivity index (χ1) is 11.6. The van der Waals surface area contributed by atoms with Crippen molar-refractivity contribution in [3.05, 3.63) is 35.9 Å². The monoisotopic (exact) mass is 326 g/mol. The molecule has 1 aromatic carbocycles. The van der Waals surface area contributed by atoms with Gasteiger partial charge in [-0.25, -0.2) is 4.68 Å². The SMILES string of the molecule is Cc1cccc(Nc2nn(C3CCCC3)c3nc(F)nc(N)c23)c1. The number of benzene rings is 1. The third kappa shape index (κ3) is 2.55. The molecule has 1 saturated carbocycles. The maximum atomic E-state index is 13.7. The van der Waals surface area contributed by atoms with Crippen molar-refractivity contribution < 1.29 is 4.39 Å². The van der Waals surface area contributed by atoms with Gasteiger partial charge in [0.15, 0.2) is 11.5 Å². The van der Waals surface area contributed by atoms with E-state index in [1.165, 1.54) is 0 Å². The molecule has 124 valence electrons. The van der Waals surface area contributed by atoms with Crippen molar-refractivity contribution >= 4 is 28.4 Å². The van der Waals surface area contributed by atoms with Crippen LogP contribution in [-0.4, -0.2) is 19.7 Å². The number of anilines is 3. The topological polar surface area (TPSA) is 81.7 Å². The molecule has 3 aromatic rings. The van der Waals surface area contributed by atoms with Crippen LogP contribution in [0.15, 0.2) is 24.3 Å². The number of nitrogens with zero attached hydrogens (tertiary/aromatic N) is 4. The van der Waals surface area contributed by atoms with E-state index >= 15 is 0 Å². The number of fused-ring (bicyclic) bond motifs is 1. The van der Waals surface area contributed by atoms with Crippen LogP contribution in [0, 0.1) is 13.0 Å². The van der Waals surface area contributed by atoms with Crippen LogP contribution in [0.4, 0.5) is 21.7 Å². The quantitative estimate of drug-likeness (QED) is 0.717. The molecular formula is C17H19FN6. The lowest BCUT2D eigenvalue weighted by atomic mass is 10.2. The van der Waals surface area contributed by atoms with Gasteiger partial charge >= 0.3 is 6.08 Å². The first kappa shape index (κ1) is 14.9. The number of rotatable bonds is 3. The van der Waals surface area contributed by atoms with E-state index in [0.717, 1.165) is 36.9 Å². The molecule has 0 spiro atoms. The van der Waals surface area contributed by atoms with Crippen molar-refractivity contribution in [3.8, 4) is 0 Å². The van der Waals surface area contributed by atoms with Crippen LogP contribution in [-0.2, 0) is 0 Å². The molecule has 0 atom stereocenters. The summed E-state index contributed by atoms with van der Waals surface area (Å²) in [5, 5.41) is 8.51. The molecule has 24 heavy (non-hydrogen) atoms. The second-order valence-corrected chi connectivity index (χ2v) is 6.30. The summed E-state index contributed by atoms with van der Waals surface area (Å²) in [5.41, 5.74) is 8.46. The Morgan fingerprint density at radius 1 is 1.25 bits per heavy atom. The van der Waals surface area contributed by atoms with Crippen LogP contribution < -0.4 is 11.1 Å². The van der Waals surface area contributed by atoms with Crippen LogP contribution in [0.25, 0.3) is 11.0 Å². The van der Waals surface area contributed by atoms with E-state index in [4.69, 9.17) is 5.73 Å². The average molecular weight is 326 g/mol. The lowest BCUT2D eigenvalue weighted by molar-refractivity contribution is 0.473. The van der Waals surface area contributed by atoms with E-state index in [2.05, 4.69) is 20.4 Å². The lowest BCUT2D eigenvalue weighted by Gasteiger charge is -2.10. The first-order valence-electron chi connectivity index (χ1n) is 8.17. The number of nitrogens with two attached hydrogens (primary N) is 1. The molecule has 0 aliphatic heterocycles. The number of hydrogen-bond donors (Lipinski definition) is 2. The molecular weight excluding hydrogens is 307 g/mol. The lowest BCUT2D eigenvalue weighted by Crippen LogP contribution is -2.08. The van der Waals surface area contributed by atoms with Gasteiger partial charge in [-0.2, -0.15) is 19.5 Å². The molecule has 2 heterocycles. The summed E-state index contributed by atoms with van der Waals surface area (Å²) in [6.07, 6.45) is 3.52. The highest BCUT2D eigenvalue weighted by Gasteiger charge is 2.25. The predicted octanol–water partition coefficient (Wildman–Crippen LogP) is 3.71. The van der Waals surface area contributed by atoms with Crippen LogP contribution in [0.5, 0.6) is 0 Å². The number of aromatic nitrogens is 4. The summed E-state index contributed by atoms with van der Waals surface area (Å²) in [5.74, 6) is 0.678. The molecule has 3 N–H and O–H groups in total. The Kier molecular flexibility index (Phi) is 3.55. The minimum absolute atomic E-state index is 0.108. The molecule has 1 aliphatic carbocycles. The van der Waals surface area contributed by atoms with Gasteiger partial charge in [-0.1, -0.05) is 25.0 Å². The number of nitrogen functional groups attached to an aromatic ring is 1. The van der Waals surface area contributed by atoms with E-state index < -0.39 is 6.08 Å². The molecule has 0 radical (unpaired) electrons. The highest BCUT2D eigenvalue weighted by molar-refractivity contribution is 5.97. The summed E-state index contributed by atoms with van der Waals surface area (Å²) in [7, 11) is 0. The first-order valence-corrected chi connectivity index (χ1v) is 8.17. The minimum atomic E-state index is -0.818. The van der Waals surface area contributed by atoms with Crippen LogP contribution in [0.2, 0.25) is 0 Å². The van der Waals surface area contributed by atoms with Crippen molar-refractivity contribution in [2.45, 2.75) is 38.6 Å². The van der Waals surface area contributed by atoms with Gasteiger partial charge in [0.2, 0.25) is 0 Å². The zero-order valence-corrected chi connectivity index (χ0v) is 13.5. The fourth-order valence-electron chi connectivity index (χ4n) is 3.39. The van der Waals surface area contributed by atoms with Crippen LogP contribution in [0.1, 0.15) is 37.3 Å². The summed E-state index contributed by atoms with van der Waals surface area (Å²) >= 11 is 0. The second kappa shape index (κ2) is 5.74. The van der Waals surface area contributed by atoms with Crippen molar-refractivity contribution in [3.63, 3.8) is 0 Å². The fraction of sp³-hybridized carbons (Fsp3) is 0.353. The molecule has 0 amide bonds. The van der Waals surface area contributed by atoms with Crippen LogP contribution in [0.3, 0.4) is 0 Å². The Morgan fingerprint density at radius 2 is 2.04 bits per heavy atom. The predicted molar refractivity (Wildman–Crippen MR) is 91.7 cm³/mol. The molecule has 1 fully saturated rings. The van der Waals surface area contributed by atoms with E-state index in [1.807, 2.05) is 35.9 Å². The Morgan fingerprint density at radius 3 is 2.79 bits per heavy atom. The van der Waals surface area contributed by atoms with Gasteiger partial charge in [0.25, 0.3) is 0 Å². The molecule has 2 aromatic heterocycles. The Bertz CT molecular complexity index is 897. The van der Waals surface area contributed by atoms with Crippen molar-refractivity contribution in [1.29, 1.82) is 0 Å². The maximum Gasteiger partial charge on any atom is 0.312 e. The van der Waals surface area contributed by atoms with Crippen LogP contribution >= 0.6 is 0 Å². The molecule has 1 aliphatic rings. The molecule has 0 saturated heterocycles. The summed E-state index contributed by atoms with van der Waals surface area (Å²) in [6.45, 7) is 2.02. The molecule has 0 bridgehead atoms. The van der Waals surface area contributed by atoms with Gasteiger partial charge in [-0.3, -0.25) is 0 Å². The van der Waals surface area contributed by atoms with Gasteiger partial charge in [0.1, 0.15) is 11.2 Å². The number of aryl methyl sites for hydroxylation is 1. The minimum Gasteiger partial charge on any atom is -0.383 e. The zero-order chi connectivity index (χ0) is 16.7. The smallest absolute Gasteiger partial charge is 0.312 e. The largest absolute Gasteiger partial charge is 0.383 e. The van der Waals surface area contributed by atoms with Gasteiger partial charge in [-0.05, 0) is 37.5 Å². The number of hydrogen-bond acceptors (Lipinski definition) is 5. The number of nitrogens with one attached hydrogen (secondary N) is 1. The second-order valence-electron chi connectivity index (χ2n) is 6.30. The van der Waals surface area contributed by atoms with E-state index in [9.17, 15) is 4.39 Å². The van der Waals surface area contributed by atoms with E-state index in [1.54, 1.807) is 0 Å². The Balaban J connectivity index is 1.85. The fourth-order valence-corrected chi connectivity index (χ4v) is 3.39. The molecule has 0 unspecified atom stereocenters. The van der Waals surface area contributed by atoms with Gasteiger partial charge in [-0.15, -0.1) is 0 Å². The third-order valence-corrected chi connectivity index (χ3v) is 4.50. The average Bonchev–Trinajstić information content (AvgIpc) is 3.15. The standard InChI is InChI=1S/C17H19FN6/c1-10-5-4-6-11(9-10)20-15-13-14(19)21-17(18)22-16(13)24(23-15)12-7-2-3-8-12/h4-6,9,12H,2-3,7-8H2,1H3,(H,20,23)(H2,19,21,22). The van der Waals surface area contributed by atoms with Crippen molar-refractivity contribution in [2.24, 2.45) is 0 Å². The van der Waals surface area contributed by atoms with Gasteiger partial charge in [0, 0.05) is 5.69 Å². The molecule has 6 nitrogen and oxygen atoms in total. The summed E-state index contributed by atoms with van der Waals surface area (Å²) in [6, 6.07) is 8.18. The highest BCUT2D eigenvalue weighted by atomic mass is 19.1. The summed E-state index contributed by atoms with van der Waals surface area (Å²) < 4.78 is 15.5. The van der Waals surface area contributed by atoms with Crippen molar-refractivity contribution in [1.82, 2.24) is 19.7 Å². The molecule has 7 heteroatoms. The molecule has 4 rings (SSSR count). The third-order valence-electron chi connectivity index (χ3n) is 4.50. The van der Waals surface area contributed by atoms with E-state index in [-0.39, 0.29) is 11.9 Å². The summed E-state index contributed by atoms with van der Waals surface area (Å²) in [4.78, 5) is 7.63. The number of halogens is 1. The maximum absolute atomic E-state index is 13.7. The van der Waals surface area contributed by atoms with E-state index in [0.29, 0.717) is 16.9 Å². The van der Waals surface area contributed by atoms with Crippen molar-refractivity contribution in [2.75, 3.05) is 11.1 Å². The van der Waals surface area contributed by atoms with Gasteiger partial charge < -0.3 is 11.1 Å². The highest BCUT2D eigenvalue weighted by Crippen LogP contribution is 2.35. The Labute approximate surface area is 138 Å². The zero-order valence-electron chi connectivity index (χ0n) is 13.5. The Hall–Kier alpha value is -2.70. The van der Waals surface area contributed by atoms with Gasteiger partial charge in [0.05, 0.1) is 6.04 Å².